The standard InChI is InChI=1S/C3H2Cl3F3O/c4-2(5,6)1(10)3(7,8)9/h1,10H/t1-/m1/s1. The van der Waals surface area contributed by atoms with E-state index < -0.39 is 16.1 Å². The molecule has 7 heteroatoms. The second-order valence-corrected chi connectivity index (χ2v) is 3.85. The molecule has 0 saturated heterocycles. The number of rotatable bonds is 0. The van der Waals surface area contributed by atoms with Crippen LogP contribution < -0.4 is 0 Å². The molecule has 1 atom stereocenters. The van der Waals surface area contributed by atoms with Gasteiger partial charge in [-0.15, -0.1) is 0 Å². The zero-order valence-corrected chi connectivity index (χ0v) is 6.56. The average Bonchev–Trinajstić information content (AvgIpc) is 1.59. The third-order valence-electron chi connectivity index (χ3n) is 0.620. The third-order valence-corrected chi connectivity index (χ3v) is 1.24. The molecule has 0 aliphatic carbocycles. The molecule has 0 unspecified atom stereocenters. The molecule has 0 aliphatic rings. The molecule has 0 aromatic rings. The molecular weight excluding hydrogens is 215 g/mol. The Bertz CT molecular complexity index is 103. The molecule has 0 aromatic heterocycles. The van der Waals surface area contributed by atoms with Gasteiger partial charge in [0.15, 0.2) is 6.10 Å². The lowest BCUT2D eigenvalue weighted by Gasteiger charge is -2.20. The Labute approximate surface area is 69.7 Å². The van der Waals surface area contributed by atoms with Crippen LogP contribution in [0.2, 0.25) is 0 Å². The summed E-state index contributed by atoms with van der Waals surface area (Å²) in [7, 11) is 0. The molecule has 0 rings (SSSR count). The van der Waals surface area contributed by atoms with E-state index in [-0.39, 0.29) is 0 Å². The highest BCUT2D eigenvalue weighted by Crippen LogP contribution is 2.38. The van der Waals surface area contributed by atoms with Gasteiger partial charge < -0.3 is 5.11 Å². The summed E-state index contributed by atoms with van der Waals surface area (Å²) in [6, 6.07) is 0. The summed E-state index contributed by atoms with van der Waals surface area (Å²) in [5, 5.41) is 8.20. The summed E-state index contributed by atoms with van der Waals surface area (Å²) in [5.41, 5.74) is 0. The fraction of sp³-hybridized carbons (Fsp3) is 1.00. The Balaban J connectivity index is 4.23. The van der Waals surface area contributed by atoms with Crippen molar-refractivity contribution in [2.24, 2.45) is 0 Å². The molecule has 0 saturated carbocycles. The number of alkyl halides is 6. The predicted octanol–water partition coefficient (Wildman–Crippen LogP) is 2.28. The zero-order valence-electron chi connectivity index (χ0n) is 4.29. The summed E-state index contributed by atoms with van der Waals surface area (Å²) in [6.45, 7) is 0. The van der Waals surface area contributed by atoms with Crippen molar-refractivity contribution in [3.63, 3.8) is 0 Å². The van der Waals surface area contributed by atoms with E-state index in [2.05, 4.69) is 0 Å². The molecule has 0 aromatic carbocycles. The van der Waals surface area contributed by atoms with Gasteiger partial charge in [-0.2, -0.15) is 13.2 Å². The maximum absolute atomic E-state index is 11.4. The van der Waals surface area contributed by atoms with Gasteiger partial charge in [0.25, 0.3) is 0 Å². The molecule has 0 bridgehead atoms. The first-order valence-electron chi connectivity index (χ1n) is 1.97. The van der Waals surface area contributed by atoms with Gasteiger partial charge in [0, 0.05) is 0 Å². The summed E-state index contributed by atoms with van der Waals surface area (Å²) < 4.78 is 31.6. The normalized spacial score (nSPS) is 17.1. The number of halogens is 6. The minimum Gasteiger partial charge on any atom is -0.380 e. The van der Waals surface area contributed by atoms with Crippen molar-refractivity contribution in [1.29, 1.82) is 0 Å². The number of hydrogen-bond acceptors (Lipinski definition) is 1. The smallest absolute Gasteiger partial charge is 0.380 e. The van der Waals surface area contributed by atoms with Crippen molar-refractivity contribution >= 4 is 34.8 Å². The summed E-state index contributed by atoms with van der Waals surface area (Å²) >= 11 is 14.2. The van der Waals surface area contributed by atoms with Gasteiger partial charge in [0.1, 0.15) is 0 Å². The van der Waals surface area contributed by atoms with Crippen LogP contribution in [0.25, 0.3) is 0 Å². The quantitative estimate of drug-likeness (QED) is 0.617. The minimum atomic E-state index is -4.90. The van der Waals surface area contributed by atoms with Crippen LogP contribution in [0.1, 0.15) is 0 Å². The van der Waals surface area contributed by atoms with E-state index in [1.165, 1.54) is 0 Å². The van der Waals surface area contributed by atoms with E-state index in [1.54, 1.807) is 0 Å². The number of aliphatic hydroxyl groups excluding tert-OH is 1. The highest BCUT2D eigenvalue weighted by molar-refractivity contribution is 6.68. The van der Waals surface area contributed by atoms with E-state index in [0.29, 0.717) is 0 Å². The lowest BCUT2D eigenvalue weighted by Crippen LogP contribution is -2.39. The van der Waals surface area contributed by atoms with Crippen LogP contribution in [0.3, 0.4) is 0 Å². The summed E-state index contributed by atoms with van der Waals surface area (Å²) in [4.78, 5) is 0. The van der Waals surface area contributed by atoms with Crippen LogP contribution in [0.15, 0.2) is 0 Å². The van der Waals surface area contributed by atoms with Gasteiger partial charge >= 0.3 is 6.18 Å². The monoisotopic (exact) mass is 216 g/mol. The molecule has 10 heavy (non-hydrogen) atoms. The molecule has 62 valence electrons. The molecule has 0 fully saturated rings. The Morgan fingerprint density at radius 1 is 1.10 bits per heavy atom. The molecule has 0 spiro atoms. The van der Waals surface area contributed by atoms with E-state index in [9.17, 15) is 13.2 Å². The highest BCUT2D eigenvalue weighted by Gasteiger charge is 2.50. The van der Waals surface area contributed by atoms with Gasteiger partial charge in [0.2, 0.25) is 3.79 Å². The number of aliphatic hydroxyl groups is 1. The average molecular weight is 217 g/mol. The van der Waals surface area contributed by atoms with Crippen LogP contribution in [0.4, 0.5) is 13.2 Å². The molecule has 0 radical (unpaired) electrons. The van der Waals surface area contributed by atoms with Crippen LogP contribution in [0, 0.1) is 0 Å². The first kappa shape index (κ1) is 10.6. The van der Waals surface area contributed by atoms with Crippen molar-refractivity contribution in [1.82, 2.24) is 0 Å². The van der Waals surface area contributed by atoms with Crippen molar-refractivity contribution < 1.29 is 18.3 Å². The minimum absolute atomic E-state index is 2.71. The van der Waals surface area contributed by atoms with Gasteiger partial charge in [-0.3, -0.25) is 0 Å². The summed E-state index contributed by atoms with van der Waals surface area (Å²) in [5.74, 6) is 0. The Hall–Kier alpha value is 0.620. The molecular formula is C3H2Cl3F3O. The van der Waals surface area contributed by atoms with Crippen LogP contribution in [-0.4, -0.2) is 21.2 Å². The lowest BCUT2D eigenvalue weighted by molar-refractivity contribution is -0.202. The second-order valence-electron chi connectivity index (χ2n) is 1.49. The van der Waals surface area contributed by atoms with Crippen molar-refractivity contribution in [3.05, 3.63) is 0 Å². The zero-order chi connectivity index (χ0) is 8.58. The van der Waals surface area contributed by atoms with E-state index in [0.717, 1.165) is 0 Å². The van der Waals surface area contributed by atoms with E-state index in [4.69, 9.17) is 39.9 Å². The van der Waals surface area contributed by atoms with Crippen molar-refractivity contribution in [2.45, 2.75) is 16.1 Å². The highest BCUT2D eigenvalue weighted by atomic mass is 35.6. The third kappa shape index (κ3) is 3.14. The van der Waals surface area contributed by atoms with Gasteiger partial charge in [0.05, 0.1) is 0 Å². The van der Waals surface area contributed by atoms with E-state index >= 15 is 0 Å². The predicted molar refractivity (Wildman–Crippen MR) is 32.4 cm³/mol. The van der Waals surface area contributed by atoms with Crippen molar-refractivity contribution in [3.8, 4) is 0 Å². The fourth-order valence-corrected chi connectivity index (χ4v) is 0.557. The Kier molecular flexibility index (Phi) is 3.11. The van der Waals surface area contributed by atoms with Crippen LogP contribution >= 0.6 is 34.8 Å². The Morgan fingerprint density at radius 2 is 1.40 bits per heavy atom. The maximum atomic E-state index is 11.4. The first-order valence-corrected chi connectivity index (χ1v) is 3.10. The SMILES string of the molecule is O[C@@H](C(F)(F)F)C(Cl)(Cl)Cl. The molecule has 0 amide bonds. The van der Waals surface area contributed by atoms with Gasteiger partial charge in [-0.25, -0.2) is 0 Å². The van der Waals surface area contributed by atoms with Crippen LogP contribution in [-0.2, 0) is 0 Å². The van der Waals surface area contributed by atoms with Crippen molar-refractivity contribution in [2.75, 3.05) is 0 Å². The lowest BCUT2D eigenvalue weighted by atomic mass is 10.4. The molecule has 1 nitrogen and oxygen atoms in total. The molecule has 0 heterocycles. The maximum Gasteiger partial charge on any atom is 0.418 e. The van der Waals surface area contributed by atoms with Gasteiger partial charge in [-0.05, 0) is 0 Å². The molecule has 0 aliphatic heterocycles. The molecule has 1 N–H and O–H groups in total. The summed E-state index contributed by atoms with van der Waals surface area (Å²) in [6.07, 6.45) is -7.84. The second kappa shape index (κ2) is 2.93. The number of hydrogen-bond donors (Lipinski definition) is 1. The van der Waals surface area contributed by atoms with Crippen LogP contribution in [0.5, 0.6) is 0 Å². The van der Waals surface area contributed by atoms with E-state index in [1.807, 2.05) is 0 Å². The topological polar surface area (TPSA) is 20.2 Å². The largest absolute Gasteiger partial charge is 0.418 e. The Morgan fingerprint density at radius 3 is 1.40 bits per heavy atom. The first-order chi connectivity index (χ1) is 4.15. The fourth-order valence-electron chi connectivity index (χ4n) is 0.186. The van der Waals surface area contributed by atoms with Gasteiger partial charge in [-0.1, -0.05) is 34.8 Å².